The van der Waals surface area contributed by atoms with Crippen LogP contribution in [0.2, 0.25) is 0 Å². The lowest BCUT2D eigenvalue weighted by Gasteiger charge is -2.32. The Balaban J connectivity index is 2.36. The molecule has 4 nitrogen and oxygen atoms in total. The van der Waals surface area contributed by atoms with Gasteiger partial charge in [0.05, 0.1) is 17.2 Å². The molecule has 1 aromatic carbocycles. The molecule has 1 aliphatic rings. The molecule has 0 bridgehead atoms. The molecule has 1 unspecified atom stereocenters. The summed E-state index contributed by atoms with van der Waals surface area (Å²) in [5.74, 6) is -0.758. The van der Waals surface area contributed by atoms with Gasteiger partial charge in [-0.15, -0.1) is 0 Å². The molecule has 7 heteroatoms. The van der Waals surface area contributed by atoms with Crippen LogP contribution in [0, 0.1) is 11.3 Å². The number of benzene rings is 1. The molecule has 0 radical (unpaired) electrons. The highest BCUT2D eigenvalue weighted by molar-refractivity contribution is 5.96. The number of hydrogen-bond acceptors (Lipinski definition) is 3. The van der Waals surface area contributed by atoms with Crippen LogP contribution in [-0.4, -0.2) is 36.5 Å². The zero-order valence-electron chi connectivity index (χ0n) is 10.4. The van der Waals surface area contributed by atoms with Crippen LogP contribution in [0.5, 0.6) is 0 Å². The second kappa shape index (κ2) is 5.51. The average Bonchev–Trinajstić information content (AvgIpc) is 2.45. The summed E-state index contributed by atoms with van der Waals surface area (Å²) < 4.78 is 38.7. The predicted molar refractivity (Wildman–Crippen MR) is 64.8 cm³/mol. The van der Waals surface area contributed by atoms with Crippen LogP contribution in [0.3, 0.4) is 0 Å². The molecule has 2 rings (SSSR count). The number of nitrogens with zero attached hydrogens (tertiary/aromatic N) is 2. The fraction of sp³-hybridized carbons (Fsp3) is 0.385. The van der Waals surface area contributed by atoms with Gasteiger partial charge < -0.3 is 10.2 Å². The van der Waals surface area contributed by atoms with Crippen molar-refractivity contribution in [3.05, 3.63) is 35.4 Å². The fourth-order valence-corrected chi connectivity index (χ4v) is 2.13. The van der Waals surface area contributed by atoms with Gasteiger partial charge in [-0.1, -0.05) is 12.1 Å². The molecule has 106 valence electrons. The first kappa shape index (κ1) is 14.3. The van der Waals surface area contributed by atoms with E-state index < -0.39 is 29.3 Å². The highest BCUT2D eigenvalue weighted by Gasteiger charge is 2.37. The third-order valence-corrected chi connectivity index (χ3v) is 3.12. The number of rotatable bonds is 1. The van der Waals surface area contributed by atoms with E-state index in [4.69, 9.17) is 5.26 Å². The van der Waals surface area contributed by atoms with Crippen LogP contribution in [0.1, 0.15) is 15.9 Å². The number of carbonyl (C=O) groups is 1. The van der Waals surface area contributed by atoms with Crippen LogP contribution < -0.4 is 5.32 Å². The second-order valence-corrected chi connectivity index (χ2v) is 4.39. The minimum absolute atomic E-state index is 0.212. The van der Waals surface area contributed by atoms with Crippen molar-refractivity contribution in [3.8, 4) is 6.07 Å². The number of halogens is 3. The van der Waals surface area contributed by atoms with Gasteiger partial charge in [0.2, 0.25) is 0 Å². The number of amides is 1. The molecule has 1 aliphatic heterocycles. The number of hydrogen-bond donors (Lipinski definition) is 1. The summed E-state index contributed by atoms with van der Waals surface area (Å²) in [6, 6.07) is 5.80. The number of nitriles is 1. The van der Waals surface area contributed by atoms with E-state index in [0.717, 1.165) is 12.1 Å². The summed E-state index contributed by atoms with van der Waals surface area (Å²) in [5.41, 5.74) is -1.39. The molecule has 20 heavy (non-hydrogen) atoms. The van der Waals surface area contributed by atoms with Gasteiger partial charge in [-0.2, -0.15) is 18.4 Å². The maximum Gasteiger partial charge on any atom is 0.417 e. The minimum atomic E-state index is -4.59. The molecule has 1 atom stereocenters. The van der Waals surface area contributed by atoms with Gasteiger partial charge in [-0.25, -0.2) is 0 Å². The molecule has 1 amide bonds. The first-order valence-electron chi connectivity index (χ1n) is 6.02. The van der Waals surface area contributed by atoms with E-state index in [1.165, 1.54) is 17.0 Å². The molecular formula is C13H12F3N3O. The Morgan fingerprint density at radius 1 is 1.40 bits per heavy atom. The molecule has 1 saturated heterocycles. The molecule has 1 heterocycles. The third-order valence-electron chi connectivity index (χ3n) is 3.12. The quantitative estimate of drug-likeness (QED) is 0.852. The second-order valence-electron chi connectivity index (χ2n) is 4.39. The zero-order chi connectivity index (χ0) is 14.8. The molecule has 0 saturated carbocycles. The van der Waals surface area contributed by atoms with Gasteiger partial charge in [-0.05, 0) is 12.1 Å². The van der Waals surface area contributed by atoms with Gasteiger partial charge in [0.1, 0.15) is 6.04 Å². The van der Waals surface area contributed by atoms with Crippen LogP contribution in [0.25, 0.3) is 0 Å². The first-order valence-corrected chi connectivity index (χ1v) is 6.02. The average molecular weight is 283 g/mol. The van der Waals surface area contributed by atoms with Gasteiger partial charge in [0.15, 0.2) is 0 Å². The monoisotopic (exact) mass is 283 g/mol. The number of alkyl halides is 3. The van der Waals surface area contributed by atoms with Crippen molar-refractivity contribution in [3.63, 3.8) is 0 Å². The van der Waals surface area contributed by atoms with Crippen molar-refractivity contribution in [2.24, 2.45) is 0 Å². The van der Waals surface area contributed by atoms with Crippen LogP contribution in [0.4, 0.5) is 13.2 Å². The van der Waals surface area contributed by atoms with E-state index in [1.54, 1.807) is 0 Å². The predicted octanol–water partition coefficient (Wildman–Crippen LogP) is 1.64. The SMILES string of the molecule is N#CC1CNCCN1C(=O)c1ccccc1C(F)(F)F. The van der Waals surface area contributed by atoms with Gasteiger partial charge in [0, 0.05) is 19.6 Å². The van der Waals surface area contributed by atoms with E-state index in [2.05, 4.69) is 5.32 Å². The van der Waals surface area contributed by atoms with Crippen LogP contribution in [-0.2, 0) is 6.18 Å². The lowest BCUT2D eigenvalue weighted by molar-refractivity contribution is -0.138. The molecule has 0 spiro atoms. The number of piperazine rings is 1. The molecule has 1 N–H and O–H groups in total. The van der Waals surface area contributed by atoms with E-state index >= 15 is 0 Å². The molecule has 0 aromatic heterocycles. The van der Waals surface area contributed by atoms with Gasteiger partial charge in [0.25, 0.3) is 5.91 Å². The van der Waals surface area contributed by atoms with E-state index in [9.17, 15) is 18.0 Å². The molecular weight excluding hydrogens is 271 g/mol. The summed E-state index contributed by atoms with van der Waals surface area (Å²) in [4.78, 5) is 13.5. The zero-order valence-corrected chi connectivity index (χ0v) is 10.4. The Bertz CT molecular complexity index is 551. The smallest absolute Gasteiger partial charge is 0.320 e. The van der Waals surface area contributed by atoms with Crippen molar-refractivity contribution >= 4 is 5.91 Å². The third kappa shape index (κ3) is 2.75. The van der Waals surface area contributed by atoms with Crippen molar-refractivity contribution in [2.45, 2.75) is 12.2 Å². The minimum Gasteiger partial charge on any atom is -0.320 e. The standard InChI is InChI=1S/C13H12F3N3O/c14-13(15,16)11-4-2-1-3-10(11)12(20)19-6-5-18-8-9(19)7-17/h1-4,9,18H,5-6,8H2. The van der Waals surface area contributed by atoms with E-state index in [-0.39, 0.29) is 13.1 Å². The summed E-state index contributed by atoms with van der Waals surface area (Å²) in [7, 11) is 0. The number of nitrogens with one attached hydrogen (secondary N) is 1. The number of carbonyl (C=O) groups excluding carboxylic acids is 1. The summed E-state index contributed by atoms with van der Waals surface area (Å²) in [6.07, 6.45) is -4.59. The van der Waals surface area contributed by atoms with Crippen molar-refractivity contribution in [1.29, 1.82) is 5.26 Å². The Hall–Kier alpha value is -2.07. The lowest BCUT2D eigenvalue weighted by Crippen LogP contribution is -2.53. The Labute approximate surface area is 113 Å². The largest absolute Gasteiger partial charge is 0.417 e. The summed E-state index contributed by atoms with van der Waals surface area (Å²) in [6.45, 7) is 0.928. The normalized spacial score (nSPS) is 19.5. The maximum atomic E-state index is 12.9. The van der Waals surface area contributed by atoms with Gasteiger partial charge >= 0.3 is 6.18 Å². The highest BCUT2D eigenvalue weighted by Crippen LogP contribution is 2.32. The van der Waals surface area contributed by atoms with E-state index in [0.29, 0.717) is 6.54 Å². The Kier molecular flexibility index (Phi) is 3.95. The van der Waals surface area contributed by atoms with Crippen molar-refractivity contribution in [2.75, 3.05) is 19.6 Å². The lowest BCUT2D eigenvalue weighted by atomic mass is 10.0. The fourth-order valence-electron chi connectivity index (χ4n) is 2.13. The molecule has 1 aromatic rings. The Morgan fingerprint density at radius 3 is 2.75 bits per heavy atom. The first-order chi connectivity index (χ1) is 9.45. The molecule has 1 fully saturated rings. The van der Waals surface area contributed by atoms with Crippen molar-refractivity contribution < 1.29 is 18.0 Å². The topological polar surface area (TPSA) is 56.1 Å². The Morgan fingerprint density at radius 2 is 2.10 bits per heavy atom. The molecule has 0 aliphatic carbocycles. The summed E-state index contributed by atoms with van der Waals surface area (Å²) in [5, 5.41) is 11.9. The maximum absolute atomic E-state index is 12.9. The van der Waals surface area contributed by atoms with Crippen LogP contribution in [0.15, 0.2) is 24.3 Å². The summed E-state index contributed by atoms with van der Waals surface area (Å²) >= 11 is 0. The van der Waals surface area contributed by atoms with Gasteiger partial charge in [-0.3, -0.25) is 4.79 Å². The van der Waals surface area contributed by atoms with Crippen molar-refractivity contribution in [1.82, 2.24) is 10.2 Å². The van der Waals surface area contributed by atoms with E-state index in [1.807, 2.05) is 6.07 Å². The highest BCUT2D eigenvalue weighted by atomic mass is 19.4. The van der Waals surface area contributed by atoms with Crippen LogP contribution >= 0.6 is 0 Å².